The Hall–Kier alpha value is -5.55. The van der Waals surface area contributed by atoms with Gasteiger partial charge in [-0.3, -0.25) is 38.5 Å². The Balaban J connectivity index is 0.824. The van der Waals surface area contributed by atoms with Crippen molar-refractivity contribution in [3.63, 3.8) is 0 Å². The third-order valence-corrected chi connectivity index (χ3v) is 11.1. The number of piperidine rings is 1. The van der Waals surface area contributed by atoms with Crippen molar-refractivity contribution in [2.24, 2.45) is 13.0 Å². The molecule has 5 aromatic rings. The van der Waals surface area contributed by atoms with Gasteiger partial charge in [-0.25, -0.2) is 18.6 Å². The number of oxazole rings is 1. The second-order valence-electron chi connectivity index (χ2n) is 15.4. The van der Waals surface area contributed by atoms with E-state index in [2.05, 4.69) is 37.6 Å². The number of carbonyl (C=O) groups is 3. The molecular formula is C41H49F2N9O6. The number of halogens is 2. The number of anilines is 1. The normalized spacial score (nSPS) is 18.7. The second kappa shape index (κ2) is 17.9. The fourth-order valence-electron chi connectivity index (χ4n) is 8.20. The molecular weight excluding hydrogens is 753 g/mol. The van der Waals surface area contributed by atoms with Crippen molar-refractivity contribution in [1.29, 1.82) is 0 Å². The number of aromatic nitrogens is 6. The summed E-state index contributed by atoms with van der Waals surface area (Å²) in [6, 6.07) is 8.44. The molecule has 1 saturated carbocycles. The number of imidazole rings is 1. The largest absolute Gasteiger partial charge is 0.444 e. The number of aryl methyl sites for hydroxylation is 3. The lowest BCUT2D eigenvalue weighted by molar-refractivity contribution is -0.135. The summed E-state index contributed by atoms with van der Waals surface area (Å²) in [5.41, 5.74) is 3.06. The van der Waals surface area contributed by atoms with Crippen LogP contribution in [0.3, 0.4) is 0 Å². The van der Waals surface area contributed by atoms with Crippen LogP contribution in [0.15, 0.2) is 58.2 Å². The number of fused-ring (bicyclic) bond motifs is 1. The number of hydrogen-bond donors (Lipinski definition) is 2. The smallest absolute Gasteiger partial charge is 0.329 e. The number of nitrogens with one attached hydrogen (secondary N) is 2. The summed E-state index contributed by atoms with van der Waals surface area (Å²) in [6.45, 7) is 4.83. The monoisotopic (exact) mass is 801 g/mol. The van der Waals surface area contributed by atoms with E-state index in [0.717, 1.165) is 68.4 Å². The number of nitrogens with zero attached hydrogens (tertiary/aromatic N) is 7. The van der Waals surface area contributed by atoms with Crippen molar-refractivity contribution in [3.05, 3.63) is 82.1 Å². The van der Waals surface area contributed by atoms with E-state index in [1.807, 2.05) is 25.1 Å². The number of para-hydroxylation sites is 1. The SMILES string of the molecule is Cc1cc(-c2nc(C(=O)Nc3cn([C@H]4CC[C@H](CN(C)CCCOCCCc5cccc6c5n(C)c(=O)n6C5CCC(=O)NC5=O)CC4)nc3C(F)F)co2)ccn1. The number of ether oxygens (including phenoxy) is 1. The van der Waals surface area contributed by atoms with E-state index in [0.29, 0.717) is 43.1 Å². The number of amides is 3. The Morgan fingerprint density at radius 3 is 2.66 bits per heavy atom. The van der Waals surface area contributed by atoms with Gasteiger partial charge in [0.2, 0.25) is 17.7 Å². The molecule has 4 aromatic heterocycles. The third kappa shape index (κ3) is 9.10. The molecule has 308 valence electrons. The molecule has 1 saturated heterocycles. The molecule has 1 aromatic carbocycles. The lowest BCUT2D eigenvalue weighted by Crippen LogP contribution is -2.44. The van der Waals surface area contributed by atoms with Crippen molar-refractivity contribution in [3.8, 4) is 11.5 Å². The van der Waals surface area contributed by atoms with Crippen LogP contribution >= 0.6 is 0 Å². The van der Waals surface area contributed by atoms with E-state index in [9.17, 15) is 28.0 Å². The van der Waals surface area contributed by atoms with Gasteiger partial charge in [0.15, 0.2) is 11.4 Å². The molecule has 3 amide bonds. The maximum absolute atomic E-state index is 14.0. The minimum Gasteiger partial charge on any atom is -0.444 e. The Morgan fingerprint density at radius 1 is 1.10 bits per heavy atom. The summed E-state index contributed by atoms with van der Waals surface area (Å²) < 4.78 is 44.2. The Labute approximate surface area is 333 Å². The summed E-state index contributed by atoms with van der Waals surface area (Å²) in [4.78, 5) is 61.1. The molecule has 0 spiro atoms. The van der Waals surface area contributed by atoms with Crippen molar-refractivity contribution in [2.75, 3.05) is 38.7 Å². The molecule has 1 aliphatic heterocycles. The number of hydrogen-bond acceptors (Lipinski definition) is 10. The molecule has 58 heavy (non-hydrogen) atoms. The lowest BCUT2D eigenvalue weighted by atomic mass is 9.86. The van der Waals surface area contributed by atoms with Crippen LogP contribution in [0.25, 0.3) is 22.5 Å². The van der Waals surface area contributed by atoms with Gasteiger partial charge in [0.25, 0.3) is 12.3 Å². The lowest BCUT2D eigenvalue weighted by Gasteiger charge is -2.31. The van der Waals surface area contributed by atoms with Gasteiger partial charge >= 0.3 is 5.69 Å². The molecule has 17 heteroatoms. The minimum absolute atomic E-state index is 0.0323. The molecule has 0 radical (unpaired) electrons. The quantitative estimate of drug-likeness (QED) is 0.0923. The van der Waals surface area contributed by atoms with Crippen LogP contribution in [0, 0.1) is 12.8 Å². The highest BCUT2D eigenvalue weighted by Gasteiger charge is 2.32. The number of imide groups is 1. The fraction of sp³-hybridized carbons (Fsp3) is 0.488. The maximum atomic E-state index is 14.0. The van der Waals surface area contributed by atoms with Crippen LogP contribution < -0.4 is 16.3 Å². The summed E-state index contributed by atoms with van der Waals surface area (Å²) in [7, 11) is 3.81. The van der Waals surface area contributed by atoms with Gasteiger partial charge in [-0.1, -0.05) is 12.1 Å². The fourth-order valence-corrected chi connectivity index (χ4v) is 8.20. The molecule has 15 nitrogen and oxygen atoms in total. The van der Waals surface area contributed by atoms with Gasteiger partial charge in [-0.2, -0.15) is 5.10 Å². The highest BCUT2D eigenvalue weighted by molar-refractivity contribution is 6.03. The van der Waals surface area contributed by atoms with Crippen LogP contribution in [0.2, 0.25) is 0 Å². The number of rotatable bonds is 16. The van der Waals surface area contributed by atoms with E-state index in [1.54, 1.807) is 34.6 Å². The second-order valence-corrected chi connectivity index (χ2v) is 15.4. The molecule has 1 unspecified atom stereocenters. The number of carbonyl (C=O) groups excluding carboxylic acids is 3. The van der Waals surface area contributed by atoms with E-state index in [1.165, 1.54) is 17.0 Å². The zero-order valence-corrected chi connectivity index (χ0v) is 33.0. The summed E-state index contributed by atoms with van der Waals surface area (Å²) in [5.74, 6) is -0.728. The van der Waals surface area contributed by atoms with Crippen molar-refractivity contribution in [2.45, 2.75) is 83.2 Å². The molecule has 2 N–H and O–H groups in total. The average molecular weight is 802 g/mol. The van der Waals surface area contributed by atoms with Crippen LogP contribution in [-0.2, 0) is 27.8 Å². The third-order valence-electron chi connectivity index (χ3n) is 11.1. The Bertz CT molecular complexity index is 2320. The zero-order chi connectivity index (χ0) is 40.9. The molecule has 1 aliphatic carbocycles. The first-order valence-corrected chi connectivity index (χ1v) is 19.8. The summed E-state index contributed by atoms with van der Waals surface area (Å²) >= 11 is 0. The van der Waals surface area contributed by atoms with E-state index in [-0.39, 0.29) is 41.3 Å². The molecule has 0 bridgehead atoms. The van der Waals surface area contributed by atoms with Gasteiger partial charge in [0.05, 0.1) is 22.8 Å². The minimum atomic E-state index is -2.86. The number of pyridine rings is 1. The molecule has 7 rings (SSSR count). The van der Waals surface area contributed by atoms with Gasteiger partial charge in [-0.05, 0) is 95.0 Å². The Kier molecular flexibility index (Phi) is 12.6. The molecule has 2 fully saturated rings. The zero-order valence-electron chi connectivity index (χ0n) is 33.0. The first kappa shape index (κ1) is 40.6. The topological polar surface area (TPSA) is 171 Å². The standard InChI is InChI=1S/C41H49F2N9O6/c1-25-21-28(16-17-44-25)40-46-31(24-58-40)38(54)45-30-23-51(48-35(30)37(42)43)29-12-10-26(11-13-29)22-49(2)18-6-20-57-19-5-8-27-7-4-9-32-36(27)50(3)41(56)52(32)33-14-15-34(53)47-39(33)55/h4,7,9,16-17,21,23-24,26,29,33,37H,5-6,8,10-15,18-20,22H2,1-3H3,(H,45,54)(H,47,53,55)/t26-,29-,33?. The highest BCUT2D eigenvalue weighted by Crippen LogP contribution is 2.35. The van der Waals surface area contributed by atoms with E-state index in [4.69, 9.17) is 9.15 Å². The predicted octanol–water partition coefficient (Wildman–Crippen LogP) is 5.77. The van der Waals surface area contributed by atoms with Gasteiger partial charge in [-0.15, -0.1) is 0 Å². The van der Waals surface area contributed by atoms with Crippen molar-refractivity contribution in [1.82, 2.24) is 39.1 Å². The Morgan fingerprint density at radius 2 is 1.90 bits per heavy atom. The van der Waals surface area contributed by atoms with Gasteiger partial charge in [0, 0.05) is 63.4 Å². The maximum Gasteiger partial charge on any atom is 0.329 e. The van der Waals surface area contributed by atoms with Crippen molar-refractivity contribution < 1.29 is 32.3 Å². The number of benzene rings is 1. The summed E-state index contributed by atoms with van der Waals surface area (Å²) in [5, 5.41) is 9.11. The van der Waals surface area contributed by atoms with Crippen LogP contribution in [0.1, 0.15) is 97.3 Å². The van der Waals surface area contributed by atoms with E-state index >= 15 is 0 Å². The summed E-state index contributed by atoms with van der Waals surface area (Å²) in [6.07, 6.45) is 7.74. The molecule has 1 atom stereocenters. The van der Waals surface area contributed by atoms with Crippen LogP contribution in [0.4, 0.5) is 14.5 Å². The molecule has 2 aliphatic rings. The number of alkyl halides is 2. The van der Waals surface area contributed by atoms with Gasteiger partial charge in [0.1, 0.15) is 12.3 Å². The van der Waals surface area contributed by atoms with Crippen molar-refractivity contribution >= 4 is 34.4 Å². The van der Waals surface area contributed by atoms with Crippen LogP contribution in [0.5, 0.6) is 0 Å². The highest BCUT2D eigenvalue weighted by atomic mass is 19.3. The average Bonchev–Trinajstić information content (AvgIpc) is 3.93. The predicted molar refractivity (Wildman–Crippen MR) is 210 cm³/mol. The first-order chi connectivity index (χ1) is 28.0. The molecule has 5 heterocycles. The van der Waals surface area contributed by atoms with Gasteiger partial charge < -0.3 is 19.4 Å². The van der Waals surface area contributed by atoms with Crippen LogP contribution in [-0.4, -0.2) is 84.9 Å². The van der Waals surface area contributed by atoms with E-state index < -0.39 is 30.0 Å². The first-order valence-electron chi connectivity index (χ1n) is 19.8.